The summed E-state index contributed by atoms with van der Waals surface area (Å²) in [5.74, 6) is 0.940. The minimum absolute atomic E-state index is 0.186. The molecule has 1 aliphatic heterocycles. The first-order valence-corrected chi connectivity index (χ1v) is 8.47. The van der Waals surface area contributed by atoms with E-state index < -0.39 is 0 Å². The van der Waals surface area contributed by atoms with Crippen LogP contribution in [0, 0.1) is 5.82 Å². The zero-order valence-electron chi connectivity index (χ0n) is 15.1. The van der Waals surface area contributed by atoms with E-state index in [4.69, 9.17) is 9.47 Å². The fourth-order valence-electron chi connectivity index (χ4n) is 3.05. The van der Waals surface area contributed by atoms with Crippen LogP contribution in [0.4, 0.5) is 4.39 Å². The summed E-state index contributed by atoms with van der Waals surface area (Å²) < 4.78 is 24.2. The van der Waals surface area contributed by atoms with Crippen LogP contribution in [-0.2, 0) is 4.79 Å². The molecule has 1 aliphatic rings. The van der Waals surface area contributed by atoms with Gasteiger partial charge in [-0.25, -0.2) is 4.39 Å². The maximum Gasteiger partial charge on any atom is 0.244 e. The van der Waals surface area contributed by atoms with E-state index in [2.05, 4.69) is 5.32 Å². The Morgan fingerprint density at radius 3 is 2.69 bits per heavy atom. The molecule has 5 heteroatoms. The van der Waals surface area contributed by atoms with Crippen molar-refractivity contribution in [2.75, 3.05) is 7.11 Å². The van der Waals surface area contributed by atoms with Gasteiger partial charge in [0.1, 0.15) is 22.9 Å². The third-order valence-corrected chi connectivity index (χ3v) is 4.29. The lowest BCUT2D eigenvalue weighted by Crippen LogP contribution is -2.40. The molecule has 0 spiro atoms. The number of nitrogens with one attached hydrogen (secondary N) is 1. The highest BCUT2D eigenvalue weighted by molar-refractivity contribution is 5.92. The molecule has 0 bridgehead atoms. The summed E-state index contributed by atoms with van der Waals surface area (Å²) in [7, 11) is 1.61. The fraction of sp³-hybridized carbons (Fsp3) is 0.286. The molecule has 0 fully saturated rings. The van der Waals surface area contributed by atoms with Crippen molar-refractivity contribution >= 4 is 12.0 Å². The van der Waals surface area contributed by atoms with Crippen LogP contribution in [-0.4, -0.2) is 18.6 Å². The first-order chi connectivity index (χ1) is 12.4. The molecule has 0 aliphatic carbocycles. The fourth-order valence-corrected chi connectivity index (χ4v) is 3.05. The Labute approximate surface area is 152 Å². The molecule has 1 amide bonds. The number of amides is 1. The molecule has 0 aromatic heterocycles. The average Bonchev–Trinajstić information content (AvgIpc) is 2.60. The van der Waals surface area contributed by atoms with Crippen molar-refractivity contribution in [2.45, 2.75) is 31.9 Å². The zero-order chi connectivity index (χ0) is 18.7. The molecule has 4 nitrogen and oxygen atoms in total. The second kappa shape index (κ2) is 7.20. The summed E-state index contributed by atoms with van der Waals surface area (Å²) in [6, 6.07) is 11.4. The molecule has 1 N–H and O–H groups in total. The van der Waals surface area contributed by atoms with E-state index in [-0.39, 0.29) is 23.4 Å². The summed E-state index contributed by atoms with van der Waals surface area (Å²) in [6.07, 6.45) is 3.75. The molecular formula is C21H22FNO3. The van der Waals surface area contributed by atoms with Crippen molar-refractivity contribution in [3.05, 3.63) is 65.5 Å². The number of fused-ring (bicyclic) bond motifs is 1. The van der Waals surface area contributed by atoms with Crippen LogP contribution in [0.5, 0.6) is 11.5 Å². The molecule has 1 atom stereocenters. The third kappa shape index (κ3) is 4.23. The van der Waals surface area contributed by atoms with Gasteiger partial charge in [0.25, 0.3) is 0 Å². The molecule has 3 rings (SSSR count). The Morgan fingerprint density at radius 2 is 2.00 bits per heavy atom. The van der Waals surface area contributed by atoms with Crippen molar-refractivity contribution in [3.63, 3.8) is 0 Å². The molecule has 136 valence electrons. The maximum atomic E-state index is 12.9. The smallest absolute Gasteiger partial charge is 0.244 e. The van der Waals surface area contributed by atoms with E-state index >= 15 is 0 Å². The number of rotatable bonds is 4. The number of hydrogen-bond donors (Lipinski definition) is 1. The Hall–Kier alpha value is -2.82. The monoisotopic (exact) mass is 355 g/mol. The minimum atomic E-state index is -0.389. The van der Waals surface area contributed by atoms with Crippen molar-refractivity contribution in [3.8, 4) is 11.5 Å². The largest absolute Gasteiger partial charge is 0.497 e. The normalized spacial score (nSPS) is 18.1. The van der Waals surface area contributed by atoms with Gasteiger partial charge in [0.15, 0.2) is 0 Å². The summed E-state index contributed by atoms with van der Waals surface area (Å²) >= 11 is 0. The van der Waals surface area contributed by atoms with Gasteiger partial charge >= 0.3 is 0 Å². The average molecular weight is 355 g/mol. The number of halogens is 1. The Morgan fingerprint density at radius 1 is 1.27 bits per heavy atom. The molecular weight excluding hydrogens is 333 g/mol. The van der Waals surface area contributed by atoms with Crippen LogP contribution in [0.3, 0.4) is 0 Å². The van der Waals surface area contributed by atoms with Gasteiger partial charge in [-0.15, -0.1) is 0 Å². The molecule has 0 saturated heterocycles. The second-order valence-corrected chi connectivity index (χ2v) is 6.92. The van der Waals surface area contributed by atoms with Gasteiger partial charge in [0.05, 0.1) is 13.2 Å². The van der Waals surface area contributed by atoms with Crippen LogP contribution < -0.4 is 14.8 Å². The van der Waals surface area contributed by atoms with Crippen LogP contribution in [0.25, 0.3) is 6.08 Å². The highest BCUT2D eigenvalue weighted by Gasteiger charge is 2.34. The van der Waals surface area contributed by atoms with Gasteiger partial charge in [0, 0.05) is 18.1 Å². The first kappa shape index (κ1) is 18.0. The highest BCUT2D eigenvalue weighted by Crippen LogP contribution is 2.41. The number of benzene rings is 2. The van der Waals surface area contributed by atoms with Crippen LogP contribution in [0.1, 0.15) is 37.4 Å². The summed E-state index contributed by atoms with van der Waals surface area (Å²) in [4.78, 5) is 12.4. The van der Waals surface area contributed by atoms with Crippen LogP contribution in [0.2, 0.25) is 0 Å². The van der Waals surface area contributed by atoms with Crippen molar-refractivity contribution in [1.82, 2.24) is 5.32 Å². The highest BCUT2D eigenvalue weighted by atomic mass is 19.1. The number of carbonyl (C=O) groups is 1. The second-order valence-electron chi connectivity index (χ2n) is 6.92. The number of carbonyl (C=O) groups excluding carboxylic acids is 1. The van der Waals surface area contributed by atoms with Gasteiger partial charge in [0.2, 0.25) is 5.91 Å². The first-order valence-electron chi connectivity index (χ1n) is 8.47. The van der Waals surface area contributed by atoms with E-state index in [1.54, 1.807) is 25.3 Å². The quantitative estimate of drug-likeness (QED) is 0.834. The molecule has 1 heterocycles. The molecule has 0 saturated carbocycles. The van der Waals surface area contributed by atoms with Crippen molar-refractivity contribution in [2.24, 2.45) is 0 Å². The van der Waals surface area contributed by atoms with E-state index in [0.717, 1.165) is 16.9 Å². The zero-order valence-corrected chi connectivity index (χ0v) is 15.1. The van der Waals surface area contributed by atoms with Gasteiger partial charge < -0.3 is 14.8 Å². The van der Waals surface area contributed by atoms with E-state index in [1.165, 1.54) is 18.2 Å². The van der Waals surface area contributed by atoms with Crippen LogP contribution in [0.15, 0.2) is 48.5 Å². The number of hydrogen-bond acceptors (Lipinski definition) is 3. The summed E-state index contributed by atoms with van der Waals surface area (Å²) in [5, 5.41) is 3.03. The predicted octanol–water partition coefficient (Wildman–Crippen LogP) is 4.27. The molecule has 0 radical (unpaired) electrons. The van der Waals surface area contributed by atoms with E-state index in [9.17, 15) is 9.18 Å². The minimum Gasteiger partial charge on any atom is -0.497 e. The van der Waals surface area contributed by atoms with Gasteiger partial charge in [-0.2, -0.15) is 0 Å². The standard InChI is InChI=1S/C21H22FNO3/c1-21(2)13-18(17-12-16(25-3)9-10-19(17)26-21)23-20(24)11-6-14-4-7-15(22)8-5-14/h4-12,18H,13H2,1-3H3,(H,23,24)/b11-6+/t18-/m0/s1. The van der Waals surface area contributed by atoms with E-state index in [1.807, 2.05) is 32.0 Å². The molecule has 2 aromatic rings. The molecule has 2 aromatic carbocycles. The predicted molar refractivity (Wildman–Crippen MR) is 98.6 cm³/mol. The SMILES string of the molecule is COc1ccc2c(c1)[C@@H](NC(=O)/C=C/c1ccc(F)cc1)CC(C)(C)O2. The number of methoxy groups -OCH3 is 1. The summed E-state index contributed by atoms with van der Waals surface area (Å²) in [6.45, 7) is 3.99. The topological polar surface area (TPSA) is 47.6 Å². The lowest BCUT2D eigenvalue weighted by atomic mass is 9.89. The Kier molecular flexibility index (Phi) is 4.98. The third-order valence-electron chi connectivity index (χ3n) is 4.29. The Balaban J connectivity index is 1.78. The Bertz CT molecular complexity index is 828. The van der Waals surface area contributed by atoms with Gasteiger partial charge in [-0.3, -0.25) is 4.79 Å². The lowest BCUT2D eigenvalue weighted by molar-refractivity contribution is -0.117. The van der Waals surface area contributed by atoms with Gasteiger partial charge in [-0.05, 0) is 55.8 Å². The maximum absolute atomic E-state index is 12.9. The van der Waals surface area contributed by atoms with Crippen LogP contribution >= 0.6 is 0 Å². The van der Waals surface area contributed by atoms with E-state index in [0.29, 0.717) is 12.2 Å². The summed E-state index contributed by atoms with van der Waals surface area (Å²) in [5.41, 5.74) is 1.27. The van der Waals surface area contributed by atoms with Gasteiger partial charge in [-0.1, -0.05) is 12.1 Å². The molecule has 26 heavy (non-hydrogen) atoms. The lowest BCUT2D eigenvalue weighted by Gasteiger charge is -2.37. The van der Waals surface area contributed by atoms with Crippen molar-refractivity contribution < 1.29 is 18.7 Å². The van der Waals surface area contributed by atoms with Crippen molar-refractivity contribution in [1.29, 1.82) is 0 Å². The molecule has 0 unspecified atom stereocenters. The number of ether oxygens (including phenoxy) is 2.